The van der Waals surface area contributed by atoms with Gasteiger partial charge in [-0.15, -0.1) is 0 Å². The predicted octanol–water partition coefficient (Wildman–Crippen LogP) is 3.61. The first-order valence-corrected chi connectivity index (χ1v) is 9.87. The number of benzene rings is 1. The first-order valence-electron chi connectivity index (χ1n) is 9.87. The van der Waals surface area contributed by atoms with Crippen LogP contribution in [0.2, 0.25) is 0 Å². The van der Waals surface area contributed by atoms with Crippen LogP contribution in [-0.2, 0) is 0 Å². The molecule has 0 saturated carbocycles. The van der Waals surface area contributed by atoms with Crippen LogP contribution in [0.25, 0.3) is 22.5 Å². The molecule has 0 fully saturated rings. The Morgan fingerprint density at radius 1 is 1.10 bits per heavy atom. The highest BCUT2D eigenvalue weighted by atomic mass is 19.1. The number of halogens is 1. The van der Waals surface area contributed by atoms with E-state index in [1.807, 2.05) is 55.0 Å². The van der Waals surface area contributed by atoms with Gasteiger partial charge in [0.1, 0.15) is 11.6 Å². The molecule has 154 valence electrons. The zero-order chi connectivity index (χ0) is 21.1. The average Bonchev–Trinajstić information content (AvgIpc) is 3.37. The van der Waals surface area contributed by atoms with Crippen LogP contribution in [0, 0.1) is 5.82 Å². The zero-order valence-electron chi connectivity index (χ0n) is 17.0. The van der Waals surface area contributed by atoms with E-state index < -0.39 is 0 Å². The van der Waals surface area contributed by atoms with Gasteiger partial charge in [-0.05, 0) is 74.6 Å². The summed E-state index contributed by atoms with van der Waals surface area (Å²) in [5.74, 6) is 0.345. The monoisotopic (exact) mass is 405 g/mol. The molecule has 0 radical (unpaired) electrons. The third-order valence-electron chi connectivity index (χ3n) is 4.91. The Balaban J connectivity index is 1.56. The second-order valence-electron chi connectivity index (χ2n) is 7.47. The third kappa shape index (κ3) is 4.26. The van der Waals surface area contributed by atoms with Gasteiger partial charge in [0.05, 0.1) is 0 Å². The van der Waals surface area contributed by atoms with Gasteiger partial charge in [-0.25, -0.2) is 9.07 Å². The lowest BCUT2D eigenvalue weighted by Crippen LogP contribution is -2.27. The number of aromatic nitrogens is 3. The lowest BCUT2D eigenvalue weighted by atomic mass is 10.1. The van der Waals surface area contributed by atoms with Crippen molar-refractivity contribution in [2.24, 2.45) is 0 Å². The lowest BCUT2D eigenvalue weighted by molar-refractivity contribution is 0.0947. The molecule has 0 atom stereocenters. The summed E-state index contributed by atoms with van der Waals surface area (Å²) in [7, 11) is 4.01. The third-order valence-corrected chi connectivity index (χ3v) is 4.91. The van der Waals surface area contributed by atoms with Gasteiger partial charge in [0.15, 0.2) is 5.69 Å². The number of carbonyl (C=O) groups is 1. The van der Waals surface area contributed by atoms with Gasteiger partial charge < -0.3 is 14.6 Å². The molecule has 4 rings (SSSR count). The highest BCUT2D eigenvalue weighted by Crippen LogP contribution is 2.23. The van der Waals surface area contributed by atoms with E-state index in [-0.39, 0.29) is 11.7 Å². The summed E-state index contributed by atoms with van der Waals surface area (Å²) in [5.41, 5.74) is 3.05. The van der Waals surface area contributed by atoms with Crippen molar-refractivity contribution < 1.29 is 9.18 Å². The first-order chi connectivity index (χ1) is 14.5. The minimum atomic E-state index is -0.270. The van der Waals surface area contributed by atoms with Gasteiger partial charge in [-0.2, -0.15) is 5.10 Å². The number of nitrogens with one attached hydrogen (secondary N) is 1. The van der Waals surface area contributed by atoms with Crippen LogP contribution in [0.3, 0.4) is 0 Å². The van der Waals surface area contributed by atoms with Crippen molar-refractivity contribution in [3.8, 4) is 16.9 Å². The van der Waals surface area contributed by atoms with E-state index >= 15 is 0 Å². The van der Waals surface area contributed by atoms with Crippen LogP contribution in [0.4, 0.5) is 4.39 Å². The zero-order valence-corrected chi connectivity index (χ0v) is 17.0. The van der Waals surface area contributed by atoms with Crippen LogP contribution in [0.5, 0.6) is 0 Å². The summed E-state index contributed by atoms with van der Waals surface area (Å²) >= 11 is 0. The average molecular weight is 405 g/mol. The Hall–Kier alpha value is -3.45. The van der Waals surface area contributed by atoms with E-state index in [9.17, 15) is 9.18 Å². The number of rotatable bonds is 7. The van der Waals surface area contributed by atoms with Crippen LogP contribution in [-0.4, -0.2) is 52.2 Å². The molecule has 6 nitrogen and oxygen atoms in total. The fraction of sp³-hybridized carbons (Fsp3) is 0.217. The largest absolute Gasteiger partial charge is 0.351 e. The molecule has 4 aromatic rings. The van der Waals surface area contributed by atoms with Crippen LogP contribution < -0.4 is 5.32 Å². The quantitative estimate of drug-likeness (QED) is 0.478. The highest BCUT2D eigenvalue weighted by Gasteiger charge is 2.12. The van der Waals surface area contributed by atoms with Crippen molar-refractivity contribution in [3.63, 3.8) is 0 Å². The Morgan fingerprint density at radius 3 is 2.73 bits per heavy atom. The van der Waals surface area contributed by atoms with Gasteiger partial charge >= 0.3 is 0 Å². The number of hydrogen-bond donors (Lipinski definition) is 1. The Labute approximate surface area is 174 Å². The molecule has 0 saturated heterocycles. The van der Waals surface area contributed by atoms with E-state index in [0.29, 0.717) is 12.2 Å². The molecule has 30 heavy (non-hydrogen) atoms. The molecule has 0 aliphatic heterocycles. The second kappa shape index (κ2) is 8.51. The Bertz CT molecular complexity index is 1180. The maximum atomic E-state index is 13.6. The summed E-state index contributed by atoms with van der Waals surface area (Å²) in [6, 6.07) is 16.1. The van der Waals surface area contributed by atoms with Crippen molar-refractivity contribution in [2.75, 3.05) is 27.2 Å². The molecular weight excluding hydrogens is 381 g/mol. The van der Waals surface area contributed by atoms with Gasteiger partial charge in [0.25, 0.3) is 5.91 Å². The maximum absolute atomic E-state index is 13.6. The van der Waals surface area contributed by atoms with Gasteiger partial charge in [0, 0.05) is 24.5 Å². The number of amides is 1. The van der Waals surface area contributed by atoms with E-state index in [0.717, 1.165) is 35.4 Å². The molecular formula is C23H24FN5O. The molecule has 1 aromatic carbocycles. The topological polar surface area (TPSA) is 54.6 Å². The SMILES string of the molecule is CN(C)CCCNC(=O)c1ccn(-c2ccc3ccc(-c4cccc(F)c4)cn23)n1. The molecule has 7 heteroatoms. The molecule has 1 amide bonds. The van der Waals surface area contributed by atoms with E-state index in [1.165, 1.54) is 12.1 Å². The van der Waals surface area contributed by atoms with Crippen LogP contribution >= 0.6 is 0 Å². The number of carbonyl (C=O) groups excluding carboxylic acids is 1. The standard InChI is InChI=1S/C23H24FN5O/c1-27(2)13-4-12-25-23(30)21-11-14-29(26-21)22-10-9-20-8-7-18(16-28(20)22)17-5-3-6-19(24)15-17/h3,5-11,14-16H,4,12-13H2,1-2H3,(H,25,30). The van der Waals surface area contributed by atoms with Crippen molar-refractivity contribution in [3.05, 3.63) is 78.5 Å². The smallest absolute Gasteiger partial charge is 0.271 e. The normalized spacial score (nSPS) is 11.3. The van der Waals surface area contributed by atoms with Gasteiger partial charge in [-0.3, -0.25) is 4.79 Å². The number of nitrogens with zero attached hydrogens (tertiary/aromatic N) is 4. The summed E-state index contributed by atoms with van der Waals surface area (Å²) in [6.45, 7) is 1.52. The van der Waals surface area contributed by atoms with Gasteiger partial charge in [0.2, 0.25) is 0 Å². The predicted molar refractivity (Wildman–Crippen MR) is 115 cm³/mol. The van der Waals surface area contributed by atoms with Crippen molar-refractivity contribution in [2.45, 2.75) is 6.42 Å². The summed E-state index contributed by atoms with van der Waals surface area (Å²) in [5, 5.41) is 7.35. The molecule has 3 aromatic heterocycles. The minimum Gasteiger partial charge on any atom is -0.351 e. The molecule has 3 heterocycles. The minimum absolute atomic E-state index is 0.186. The van der Waals surface area contributed by atoms with Crippen LogP contribution in [0.1, 0.15) is 16.9 Å². The fourth-order valence-corrected chi connectivity index (χ4v) is 3.37. The molecule has 1 N–H and O–H groups in total. The Kier molecular flexibility index (Phi) is 5.63. The van der Waals surface area contributed by atoms with E-state index in [4.69, 9.17) is 0 Å². The van der Waals surface area contributed by atoms with Gasteiger partial charge in [-0.1, -0.05) is 18.2 Å². The first kappa shape index (κ1) is 19.8. The maximum Gasteiger partial charge on any atom is 0.271 e. The molecule has 0 aliphatic carbocycles. The van der Waals surface area contributed by atoms with Crippen molar-refractivity contribution in [1.82, 2.24) is 24.4 Å². The summed E-state index contributed by atoms with van der Waals surface area (Å²) in [6.07, 6.45) is 4.60. The number of fused-ring (bicyclic) bond motifs is 1. The fourth-order valence-electron chi connectivity index (χ4n) is 3.37. The number of hydrogen-bond acceptors (Lipinski definition) is 3. The number of pyridine rings is 1. The van der Waals surface area contributed by atoms with E-state index in [2.05, 4.69) is 15.3 Å². The van der Waals surface area contributed by atoms with Crippen molar-refractivity contribution in [1.29, 1.82) is 0 Å². The molecule has 0 spiro atoms. The molecule has 0 unspecified atom stereocenters. The van der Waals surface area contributed by atoms with Crippen LogP contribution in [0.15, 0.2) is 67.0 Å². The van der Waals surface area contributed by atoms with E-state index in [1.54, 1.807) is 23.0 Å². The second-order valence-corrected chi connectivity index (χ2v) is 7.47. The summed E-state index contributed by atoms with van der Waals surface area (Å²) in [4.78, 5) is 14.4. The Morgan fingerprint density at radius 2 is 1.93 bits per heavy atom. The van der Waals surface area contributed by atoms with Crippen molar-refractivity contribution >= 4 is 11.4 Å². The molecule has 0 bridgehead atoms. The lowest BCUT2D eigenvalue weighted by Gasteiger charge is -2.09. The summed E-state index contributed by atoms with van der Waals surface area (Å²) < 4.78 is 17.3. The molecule has 0 aliphatic rings. The highest BCUT2D eigenvalue weighted by molar-refractivity contribution is 5.92.